The van der Waals surface area contributed by atoms with Crippen LogP contribution in [0.25, 0.3) is 0 Å². The number of hydrogen-bond donors (Lipinski definition) is 1. The minimum atomic E-state index is -5.44. The van der Waals surface area contributed by atoms with Crippen molar-refractivity contribution in [3.8, 4) is 0 Å². The summed E-state index contributed by atoms with van der Waals surface area (Å²) in [5.74, 6) is -1.51. The van der Waals surface area contributed by atoms with E-state index >= 15 is 0 Å². The molecule has 0 aliphatic heterocycles. The highest BCUT2D eigenvalue weighted by Crippen LogP contribution is 2.29. The van der Waals surface area contributed by atoms with E-state index in [1.807, 2.05) is 0 Å². The molecule has 1 rings (SSSR count). The van der Waals surface area contributed by atoms with Crippen molar-refractivity contribution < 1.29 is 31.1 Å². The number of rotatable bonds is 4. The van der Waals surface area contributed by atoms with Gasteiger partial charge in [-0.05, 0) is 19.8 Å². The van der Waals surface area contributed by atoms with E-state index in [-0.39, 0.29) is 13.0 Å². The summed E-state index contributed by atoms with van der Waals surface area (Å²) >= 11 is 0. The Hall–Kier alpha value is -0.830. The Kier molecular flexibility index (Phi) is 5.19. The Morgan fingerprint density at radius 2 is 1.89 bits per heavy atom. The van der Waals surface area contributed by atoms with Gasteiger partial charge < -0.3 is 4.74 Å². The highest BCUT2D eigenvalue weighted by atomic mass is 32.2. The number of nitrogens with one attached hydrogen (secondary N) is 1. The van der Waals surface area contributed by atoms with Gasteiger partial charge in [0.2, 0.25) is 0 Å². The minimum absolute atomic E-state index is 0.105. The van der Waals surface area contributed by atoms with Crippen LogP contribution in [0.2, 0.25) is 0 Å². The van der Waals surface area contributed by atoms with Crippen LogP contribution in [0.4, 0.5) is 13.2 Å². The highest BCUT2D eigenvalue weighted by molar-refractivity contribution is 7.90. The zero-order chi connectivity index (χ0) is 14.7. The molecule has 19 heavy (non-hydrogen) atoms. The number of carbonyl (C=O) groups is 1. The zero-order valence-electron chi connectivity index (χ0n) is 10.4. The minimum Gasteiger partial charge on any atom is -0.466 e. The summed E-state index contributed by atoms with van der Waals surface area (Å²) in [4.78, 5) is 11.6. The molecule has 2 atom stereocenters. The zero-order valence-corrected chi connectivity index (χ0v) is 11.2. The molecule has 2 unspecified atom stereocenters. The van der Waals surface area contributed by atoms with Crippen LogP contribution < -0.4 is 4.72 Å². The standard InChI is InChI=1S/C10H16F3NO4S/c1-2-18-9(15)7-5-3-4-6-8(7)14-19(16,17)10(11,12)13/h7-8,14H,2-6H2,1H3. The molecule has 1 aliphatic rings. The van der Waals surface area contributed by atoms with Crippen molar-refractivity contribution in [3.63, 3.8) is 0 Å². The quantitative estimate of drug-likeness (QED) is 0.800. The van der Waals surface area contributed by atoms with Gasteiger partial charge in [-0.3, -0.25) is 4.79 Å². The molecule has 1 N–H and O–H groups in total. The second-order valence-corrected chi connectivity index (χ2v) is 6.02. The molecule has 0 heterocycles. The van der Waals surface area contributed by atoms with E-state index in [0.29, 0.717) is 19.3 Å². The molecule has 1 aliphatic carbocycles. The maximum absolute atomic E-state index is 12.3. The van der Waals surface area contributed by atoms with Gasteiger partial charge in [-0.25, -0.2) is 13.1 Å². The van der Waals surface area contributed by atoms with Gasteiger partial charge in [0.15, 0.2) is 0 Å². The molecule has 0 aromatic carbocycles. The fraction of sp³-hybridized carbons (Fsp3) is 0.900. The number of hydrogen-bond acceptors (Lipinski definition) is 4. The van der Waals surface area contributed by atoms with Crippen molar-refractivity contribution in [2.75, 3.05) is 6.61 Å². The van der Waals surface area contributed by atoms with E-state index in [1.165, 1.54) is 0 Å². The first kappa shape index (κ1) is 16.2. The molecule has 5 nitrogen and oxygen atoms in total. The van der Waals surface area contributed by atoms with E-state index in [1.54, 1.807) is 11.6 Å². The van der Waals surface area contributed by atoms with Crippen molar-refractivity contribution in [3.05, 3.63) is 0 Å². The largest absolute Gasteiger partial charge is 0.511 e. The molecule has 0 aromatic heterocycles. The Morgan fingerprint density at radius 1 is 1.32 bits per heavy atom. The fourth-order valence-electron chi connectivity index (χ4n) is 2.07. The molecule has 0 amide bonds. The third kappa shape index (κ3) is 4.07. The molecule has 0 radical (unpaired) electrons. The van der Waals surface area contributed by atoms with Gasteiger partial charge >= 0.3 is 21.5 Å². The summed E-state index contributed by atoms with van der Waals surface area (Å²) in [5, 5.41) is 0. The predicted molar refractivity (Wildman–Crippen MR) is 60.5 cm³/mol. The SMILES string of the molecule is CCOC(=O)C1CCCCC1NS(=O)(=O)C(F)(F)F. The summed E-state index contributed by atoms with van der Waals surface area (Å²) in [7, 11) is -5.44. The molecule has 0 bridgehead atoms. The van der Waals surface area contributed by atoms with Gasteiger partial charge in [-0.15, -0.1) is 0 Å². The van der Waals surface area contributed by atoms with Crippen LogP contribution in [-0.2, 0) is 19.6 Å². The van der Waals surface area contributed by atoms with Gasteiger partial charge in [-0.2, -0.15) is 13.2 Å². The normalized spacial score (nSPS) is 25.1. The highest BCUT2D eigenvalue weighted by Gasteiger charge is 2.48. The van der Waals surface area contributed by atoms with Crippen LogP contribution in [0.3, 0.4) is 0 Å². The Bertz CT molecular complexity index is 421. The lowest BCUT2D eigenvalue weighted by Crippen LogP contribution is -2.49. The van der Waals surface area contributed by atoms with Gasteiger partial charge in [0.1, 0.15) is 0 Å². The number of ether oxygens (including phenoxy) is 1. The van der Waals surface area contributed by atoms with Crippen LogP contribution in [-0.4, -0.2) is 32.5 Å². The average molecular weight is 303 g/mol. The number of halogens is 3. The van der Waals surface area contributed by atoms with Crippen LogP contribution in [0.5, 0.6) is 0 Å². The molecule has 0 aromatic rings. The topological polar surface area (TPSA) is 72.5 Å². The molecular formula is C10H16F3NO4S. The third-order valence-corrected chi connectivity index (χ3v) is 4.19. The molecule has 0 spiro atoms. The Balaban J connectivity index is 2.82. The lowest BCUT2D eigenvalue weighted by Gasteiger charge is -2.30. The molecule has 112 valence electrons. The van der Waals surface area contributed by atoms with Crippen molar-refractivity contribution >= 4 is 16.0 Å². The monoisotopic (exact) mass is 303 g/mol. The molecular weight excluding hydrogens is 287 g/mol. The maximum Gasteiger partial charge on any atom is 0.511 e. The lowest BCUT2D eigenvalue weighted by molar-refractivity contribution is -0.149. The molecule has 0 saturated heterocycles. The van der Waals surface area contributed by atoms with Crippen LogP contribution in [0.15, 0.2) is 0 Å². The lowest BCUT2D eigenvalue weighted by atomic mass is 9.85. The molecule has 9 heteroatoms. The summed E-state index contributed by atoms with van der Waals surface area (Å²) in [6, 6.07) is -1.06. The maximum atomic E-state index is 12.3. The van der Waals surface area contributed by atoms with Crippen LogP contribution >= 0.6 is 0 Å². The van der Waals surface area contributed by atoms with Gasteiger partial charge in [-0.1, -0.05) is 12.8 Å². The van der Waals surface area contributed by atoms with Crippen molar-refractivity contribution in [1.29, 1.82) is 0 Å². The van der Waals surface area contributed by atoms with E-state index in [9.17, 15) is 26.4 Å². The smallest absolute Gasteiger partial charge is 0.466 e. The van der Waals surface area contributed by atoms with E-state index in [4.69, 9.17) is 4.74 Å². The molecule has 1 fully saturated rings. The number of carbonyl (C=O) groups excluding carboxylic acids is 1. The average Bonchev–Trinajstić information content (AvgIpc) is 2.28. The fourth-order valence-corrected chi connectivity index (χ4v) is 2.88. The second kappa shape index (κ2) is 6.08. The van der Waals surface area contributed by atoms with Gasteiger partial charge in [0, 0.05) is 6.04 Å². The predicted octanol–water partition coefficient (Wildman–Crippen LogP) is 1.55. The molecule has 1 saturated carbocycles. The first-order valence-corrected chi connectivity index (χ1v) is 7.42. The Morgan fingerprint density at radius 3 is 2.42 bits per heavy atom. The van der Waals surface area contributed by atoms with Crippen LogP contribution in [0, 0.1) is 5.92 Å². The number of sulfonamides is 1. The van der Waals surface area contributed by atoms with E-state index in [2.05, 4.69) is 0 Å². The summed E-state index contributed by atoms with van der Waals surface area (Å²) in [6.07, 6.45) is 1.75. The van der Waals surface area contributed by atoms with Crippen molar-refractivity contribution in [1.82, 2.24) is 4.72 Å². The van der Waals surface area contributed by atoms with Gasteiger partial charge in [0.25, 0.3) is 0 Å². The third-order valence-electron chi connectivity index (χ3n) is 2.97. The summed E-state index contributed by atoms with van der Waals surface area (Å²) in [5.41, 5.74) is -5.37. The van der Waals surface area contributed by atoms with Gasteiger partial charge in [0.05, 0.1) is 12.5 Å². The van der Waals surface area contributed by atoms with Crippen molar-refractivity contribution in [2.24, 2.45) is 5.92 Å². The summed E-state index contributed by atoms with van der Waals surface area (Å²) in [6.45, 7) is 1.68. The number of esters is 1. The van der Waals surface area contributed by atoms with E-state index in [0.717, 1.165) is 0 Å². The van der Waals surface area contributed by atoms with Crippen LogP contribution in [0.1, 0.15) is 32.6 Å². The number of alkyl halides is 3. The second-order valence-electron chi connectivity index (χ2n) is 4.32. The summed E-state index contributed by atoms with van der Waals surface area (Å²) < 4.78 is 65.3. The van der Waals surface area contributed by atoms with E-state index < -0.39 is 33.5 Å². The first-order valence-electron chi connectivity index (χ1n) is 5.94. The Labute approximate surface area is 109 Å². The van der Waals surface area contributed by atoms with Crippen molar-refractivity contribution in [2.45, 2.75) is 44.2 Å². The first-order chi connectivity index (χ1) is 8.69.